The molecule has 2 aromatic carbocycles. The van der Waals surface area contributed by atoms with Crippen LogP contribution < -0.4 is 5.32 Å². The Balaban J connectivity index is 1.49. The van der Waals surface area contributed by atoms with E-state index in [1.54, 1.807) is 0 Å². The first-order valence-electron chi connectivity index (χ1n) is 8.64. The molecule has 1 atom stereocenters. The summed E-state index contributed by atoms with van der Waals surface area (Å²) in [6, 6.07) is 17.5. The number of nitrogens with zero attached hydrogens (tertiary/aromatic N) is 1. The summed E-state index contributed by atoms with van der Waals surface area (Å²) >= 11 is 0. The topological polar surface area (TPSA) is 61.8 Å². The molecule has 0 spiro atoms. The second-order valence-corrected chi connectivity index (χ2v) is 6.22. The van der Waals surface area contributed by atoms with Gasteiger partial charge in [-0.05, 0) is 23.3 Å². The summed E-state index contributed by atoms with van der Waals surface area (Å²) in [6.45, 7) is 3.85. The number of amides is 1. The normalized spacial score (nSPS) is 16.4. The maximum atomic E-state index is 12.2. The van der Waals surface area contributed by atoms with E-state index in [9.17, 15) is 9.90 Å². The Hall–Kier alpha value is -2.21. The number of aliphatic hydroxyl groups excluding tert-OH is 1. The number of ether oxygens (including phenoxy) is 1. The molecule has 1 unspecified atom stereocenters. The number of hydrogen-bond acceptors (Lipinski definition) is 4. The average Bonchev–Trinajstić information content (AvgIpc) is 2.68. The van der Waals surface area contributed by atoms with Gasteiger partial charge in [0.1, 0.15) is 0 Å². The van der Waals surface area contributed by atoms with Crippen molar-refractivity contribution >= 4 is 5.91 Å². The van der Waals surface area contributed by atoms with Crippen molar-refractivity contribution in [2.24, 2.45) is 0 Å². The third kappa shape index (κ3) is 5.13. The zero-order valence-electron chi connectivity index (χ0n) is 14.2. The van der Waals surface area contributed by atoms with Crippen LogP contribution in [0.4, 0.5) is 0 Å². The fourth-order valence-electron chi connectivity index (χ4n) is 2.90. The Kier molecular flexibility index (Phi) is 6.17. The SMILES string of the molecule is O=C(NCC(O)CN1CCOCC1)c1ccc(-c2ccccc2)cc1. The lowest BCUT2D eigenvalue weighted by atomic mass is 10.0. The van der Waals surface area contributed by atoms with E-state index in [0.29, 0.717) is 25.3 Å². The number of carbonyl (C=O) groups is 1. The van der Waals surface area contributed by atoms with E-state index >= 15 is 0 Å². The lowest BCUT2D eigenvalue weighted by Gasteiger charge is -2.28. The van der Waals surface area contributed by atoms with Crippen molar-refractivity contribution in [3.05, 3.63) is 60.2 Å². The van der Waals surface area contributed by atoms with Crippen LogP contribution in [0.2, 0.25) is 0 Å². The van der Waals surface area contributed by atoms with Crippen LogP contribution in [0.3, 0.4) is 0 Å². The lowest BCUT2D eigenvalue weighted by Crippen LogP contribution is -2.44. The number of nitrogens with one attached hydrogen (secondary N) is 1. The number of morpholine rings is 1. The maximum absolute atomic E-state index is 12.2. The van der Waals surface area contributed by atoms with E-state index in [1.807, 2.05) is 54.6 Å². The number of carbonyl (C=O) groups excluding carboxylic acids is 1. The minimum absolute atomic E-state index is 0.166. The molecular weight excluding hydrogens is 316 g/mol. The average molecular weight is 340 g/mol. The molecule has 0 aliphatic carbocycles. The molecule has 25 heavy (non-hydrogen) atoms. The Morgan fingerprint density at radius 2 is 1.68 bits per heavy atom. The number of benzene rings is 2. The van der Waals surface area contributed by atoms with Crippen molar-refractivity contribution in [2.45, 2.75) is 6.10 Å². The van der Waals surface area contributed by atoms with E-state index in [4.69, 9.17) is 4.74 Å². The third-order valence-corrected chi connectivity index (χ3v) is 4.33. The van der Waals surface area contributed by atoms with Gasteiger partial charge in [0.05, 0.1) is 19.3 Å². The molecule has 1 heterocycles. The quantitative estimate of drug-likeness (QED) is 0.841. The fraction of sp³-hybridized carbons (Fsp3) is 0.350. The highest BCUT2D eigenvalue weighted by atomic mass is 16.5. The van der Waals surface area contributed by atoms with Gasteiger partial charge in [-0.1, -0.05) is 42.5 Å². The standard InChI is InChI=1S/C20H24N2O3/c23-19(15-22-10-12-25-13-11-22)14-21-20(24)18-8-6-17(7-9-18)16-4-2-1-3-5-16/h1-9,19,23H,10-15H2,(H,21,24). The number of rotatable bonds is 6. The second-order valence-electron chi connectivity index (χ2n) is 6.22. The van der Waals surface area contributed by atoms with Gasteiger partial charge in [0.2, 0.25) is 0 Å². The van der Waals surface area contributed by atoms with Crippen LogP contribution in [0.15, 0.2) is 54.6 Å². The van der Waals surface area contributed by atoms with Crippen molar-refractivity contribution in [1.29, 1.82) is 0 Å². The lowest BCUT2D eigenvalue weighted by molar-refractivity contribution is 0.0149. The Morgan fingerprint density at radius 3 is 2.36 bits per heavy atom. The summed E-state index contributed by atoms with van der Waals surface area (Å²) in [7, 11) is 0. The highest BCUT2D eigenvalue weighted by Gasteiger charge is 2.15. The van der Waals surface area contributed by atoms with E-state index in [1.165, 1.54) is 0 Å². The molecule has 5 heteroatoms. The molecule has 132 valence electrons. The molecule has 0 aromatic heterocycles. The molecule has 1 amide bonds. The van der Waals surface area contributed by atoms with E-state index < -0.39 is 6.10 Å². The summed E-state index contributed by atoms with van der Waals surface area (Å²) in [4.78, 5) is 14.4. The summed E-state index contributed by atoms with van der Waals surface area (Å²) in [5.41, 5.74) is 2.79. The molecule has 1 aliphatic heterocycles. The van der Waals surface area contributed by atoms with Gasteiger partial charge >= 0.3 is 0 Å². The second kappa shape index (κ2) is 8.76. The Morgan fingerprint density at radius 1 is 1.04 bits per heavy atom. The molecular formula is C20H24N2O3. The summed E-state index contributed by atoms with van der Waals surface area (Å²) in [6.07, 6.45) is -0.578. The summed E-state index contributed by atoms with van der Waals surface area (Å²) in [5.74, 6) is -0.166. The third-order valence-electron chi connectivity index (χ3n) is 4.33. The molecule has 0 saturated carbocycles. The summed E-state index contributed by atoms with van der Waals surface area (Å²) < 4.78 is 5.29. The molecule has 2 aromatic rings. The van der Waals surface area contributed by atoms with Crippen molar-refractivity contribution in [1.82, 2.24) is 10.2 Å². The summed E-state index contributed by atoms with van der Waals surface area (Å²) in [5, 5.41) is 12.9. The molecule has 1 saturated heterocycles. The number of aliphatic hydroxyl groups is 1. The van der Waals surface area contributed by atoms with Crippen LogP contribution in [-0.2, 0) is 4.74 Å². The molecule has 0 bridgehead atoms. The van der Waals surface area contributed by atoms with E-state index in [-0.39, 0.29) is 12.5 Å². The fourth-order valence-corrected chi connectivity index (χ4v) is 2.90. The predicted molar refractivity (Wildman–Crippen MR) is 97.5 cm³/mol. The number of β-amino-alcohol motifs (C(OH)–C–C–N with tert-alkyl or cyclic N) is 1. The monoisotopic (exact) mass is 340 g/mol. The van der Waals surface area contributed by atoms with Crippen molar-refractivity contribution in [3.8, 4) is 11.1 Å². The maximum Gasteiger partial charge on any atom is 0.251 e. The van der Waals surface area contributed by atoms with Crippen LogP contribution in [0.1, 0.15) is 10.4 Å². The van der Waals surface area contributed by atoms with Crippen LogP contribution >= 0.6 is 0 Å². The highest BCUT2D eigenvalue weighted by molar-refractivity contribution is 5.94. The minimum atomic E-state index is -0.578. The van der Waals surface area contributed by atoms with Gasteiger partial charge in [-0.25, -0.2) is 0 Å². The van der Waals surface area contributed by atoms with Crippen LogP contribution in [-0.4, -0.2) is 61.4 Å². The van der Waals surface area contributed by atoms with Crippen molar-refractivity contribution in [3.63, 3.8) is 0 Å². The van der Waals surface area contributed by atoms with Crippen LogP contribution in [0, 0.1) is 0 Å². The van der Waals surface area contributed by atoms with Gasteiger partial charge in [-0.2, -0.15) is 0 Å². The zero-order valence-corrected chi connectivity index (χ0v) is 14.2. The molecule has 0 radical (unpaired) electrons. The molecule has 5 nitrogen and oxygen atoms in total. The van der Waals surface area contributed by atoms with Crippen molar-refractivity contribution in [2.75, 3.05) is 39.4 Å². The van der Waals surface area contributed by atoms with Gasteiger partial charge in [-0.15, -0.1) is 0 Å². The van der Waals surface area contributed by atoms with Crippen LogP contribution in [0.5, 0.6) is 0 Å². The first-order chi connectivity index (χ1) is 12.2. The minimum Gasteiger partial charge on any atom is -0.390 e. The van der Waals surface area contributed by atoms with Gasteiger partial charge in [0.25, 0.3) is 5.91 Å². The first-order valence-corrected chi connectivity index (χ1v) is 8.64. The largest absolute Gasteiger partial charge is 0.390 e. The van der Waals surface area contributed by atoms with Gasteiger partial charge in [-0.3, -0.25) is 9.69 Å². The first kappa shape index (κ1) is 17.6. The Bertz CT molecular complexity index is 667. The van der Waals surface area contributed by atoms with Crippen LogP contribution in [0.25, 0.3) is 11.1 Å². The van der Waals surface area contributed by atoms with Gasteiger partial charge < -0.3 is 15.2 Å². The molecule has 1 fully saturated rings. The predicted octanol–water partition coefficient (Wildman–Crippen LogP) is 1.78. The zero-order chi connectivity index (χ0) is 17.5. The molecule has 3 rings (SSSR count). The van der Waals surface area contributed by atoms with E-state index in [0.717, 1.165) is 24.2 Å². The highest BCUT2D eigenvalue weighted by Crippen LogP contribution is 2.19. The number of hydrogen-bond donors (Lipinski definition) is 2. The van der Waals surface area contributed by atoms with Crippen molar-refractivity contribution < 1.29 is 14.6 Å². The molecule has 1 aliphatic rings. The smallest absolute Gasteiger partial charge is 0.251 e. The molecule has 2 N–H and O–H groups in total. The van der Waals surface area contributed by atoms with Gasteiger partial charge in [0, 0.05) is 31.7 Å². The Labute approximate surface area is 148 Å². The van der Waals surface area contributed by atoms with Gasteiger partial charge in [0.15, 0.2) is 0 Å². The van der Waals surface area contributed by atoms with E-state index in [2.05, 4.69) is 10.2 Å².